The fourth-order valence-corrected chi connectivity index (χ4v) is 4.51. The van der Waals surface area contributed by atoms with E-state index in [1.54, 1.807) is 0 Å². The number of para-hydroxylation sites is 1. The number of tetrazole rings is 1. The summed E-state index contributed by atoms with van der Waals surface area (Å²) in [5.41, 5.74) is 5.93. The molecular weight excluding hydrogens is 378 g/mol. The Morgan fingerprint density at radius 2 is 1.93 bits per heavy atom. The van der Waals surface area contributed by atoms with Crippen LogP contribution in [0.25, 0.3) is 5.69 Å². The molecule has 1 aliphatic rings. The maximum absolute atomic E-state index is 4.93. The van der Waals surface area contributed by atoms with Crippen molar-refractivity contribution in [3.63, 3.8) is 0 Å². The van der Waals surface area contributed by atoms with Gasteiger partial charge in [-0.1, -0.05) is 50.3 Å². The Labute approximate surface area is 180 Å². The van der Waals surface area contributed by atoms with E-state index in [0.717, 1.165) is 49.4 Å². The van der Waals surface area contributed by atoms with Crippen LogP contribution >= 0.6 is 12.6 Å². The average molecular weight is 412 g/mol. The zero-order valence-electron chi connectivity index (χ0n) is 18.3. The van der Waals surface area contributed by atoms with E-state index in [1.807, 2.05) is 4.68 Å². The van der Waals surface area contributed by atoms with Gasteiger partial charge in [-0.15, -0.1) is 5.10 Å². The summed E-state index contributed by atoms with van der Waals surface area (Å²) in [7, 11) is 0. The molecule has 1 aromatic heterocycles. The third-order valence-corrected chi connectivity index (χ3v) is 7.03. The van der Waals surface area contributed by atoms with E-state index in [4.69, 9.17) is 12.6 Å². The molecule has 2 atom stereocenters. The van der Waals surface area contributed by atoms with Crippen LogP contribution in [-0.2, 0) is 0 Å². The van der Waals surface area contributed by atoms with Crippen molar-refractivity contribution in [3.05, 3.63) is 59.0 Å². The Kier molecular flexibility index (Phi) is 6.64. The maximum Gasteiger partial charge on any atom is 0.177 e. The molecule has 0 bridgehead atoms. The molecule has 6 heteroatoms. The molecule has 1 aromatic carbocycles. The second kappa shape index (κ2) is 8.84. The first-order chi connectivity index (χ1) is 13.8. The normalized spacial score (nSPS) is 20.6. The molecule has 1 aliphatic carbocycles. The first-order valence-electron chi connectivity index (χ1n) is 10.5. The number of allylic oxidation sites excluding steroid dienone is 1. The zero-order valence-corrected chi connectivity index (χ0v) is 19.2. The molecule has 0 N–H and O–H groups in total. The van der Waals surface area contributed by atoms with E-state index in [9.17, 15) is 0 Å². The molecule has 0 radical (unpaired) electrons. The van der Waals surface area contributed by atoms with Crippen LogP contribution < -0.4 is 0 Å². The first-order valence-corrected chi connectivity index (χ1v) is 10.9. The third kappa shape index (κ3) is 4.19. The van der Waals surface area contributed by atoms with Crippen LogP contribution in [0.1, 0.15) is 63.0 Å². The lowest BCUT2D eigenvalue weighted by molar-refractivity contribution is 0.229. The number of aromatic nitrogens is 4. The van der Waals surface area contributed by atoms with Crippen LogP contribution in [0.2, 0.25) is 0 Å². The zero-order chi connectivity index (χ0) is 21.2. The minimum Gasteiger partial charge on any atom is -0.291 e. The van der Waals surface area contributed by atoms with Crippen LogP contribution in [0.15, 0.2) is 42.0 Å². The van der Waals surface area contributed by atoms with Gasteiger partial charge in [0, 0.05) is 4.75 Å². The largest absolute Gasteiger partial charge is 0.291 e. The number of aryl methyl sites for hydroxylation is 2. The van der Waals surface area contributed by atoms with Crippen molar-refractivity contribution in [2.24, 2.45) is 0 Å². The van der Waals surface area contributed by atoms with Gasteiger partial charge in [-0.25, -0.2) is 0 Å². The molecule has 1 heterocycles. The summed E-state index contributed by atoms with van der Waals surface area (Å²) in [6, 6.07) is 6.36. The van der Waals surface area contributed by atoms with Crippen LogP contribution in [-0.4, -0.2) is 42.9 Å². The Morgan fingerprint density at radius 1 is 1.28 bits per heavy atom. The number of nitrogens with zero attached hydrogens (tertiary/aromatic N) is 5. The van der Waals surface area contributed by atoms with Crippen molar-refractivity contribution < 1.29 is 0 Å². The summed E-state index contributed by atoms with van der Waals surface area (Å²) < 4.78 is 1.83. The minimum atomic E-state index is -0.115. The topological polar surface area (TPSA) is 46.8 Å². The van der Waals surface area contributed by atoms with Gasteiger partial charge in [0.15, 0.2) is 5.82 Å². The fourth-order valence-electron chi connectivity index (χ4n) is 4.31. The van der Waals surface area contributed by atoms with Gasteiger partial charge in [0.25, 0.3) is 0 Å². The average Bonchev–Trinajstić information content (AvgIpc) is 3.15. The highest BCUT2D eigenvalue weighted by Gasteiger charge is 2.35. The van der Waals surface area contributed by atoms with Gasteiger partial charge in [-0.05, 0) is 80.2 Å². The lowest BCUT2D eigenvalue weighted by atomic mass is 9.82. The predicted octanol–water partition coefficient (Wildman–Crippen LogP) is 5.02. The molecule has 0 saturated carbocycles. The Balaban J connectivity index is 2.09. The number of thiol groups is 1. The van der Waals surface area contributed by atoms with Crippen molar-refractivity contribution in [2.75, 3.05) is 13.1 Å². The van der Waals surface area contributed by atoms with Crippen LogP contribution in [0.3, 0.4) is 0 Å². The molecule has 5 nitrogen and oxygen atoms in total. The van der Waals surface area contributed by atoms with E-state index >= 15 is 0 Å². The molecule has 0 spiro atoms. The number of rotatable bonds is 7. The Hall–Kier alpha value is -1.92. The number of likely N-dealkylation sites (N-methyl/N-ethyl adjacent to an activating group) is 1. The molecule has 0 amide bonds. The summed E-state index contributed by atoms with van der Waals surface area (Å²) in [5, 5.41) is 13.0. The number of hydrogen-bond acceptors (Lipinski definition) is 5. The molecule has 3 rings (SSSR count). The molecule has 0 aliphatic heterocycles. The summed E-state index contributed by atoms with van der Waals surface area (Å²) >= 11 is 4.93. The molecular formula is C23H33N5S. The molecule has 0 fully saturated rings. The smallest absolute Gasteiger partial charge is 0.177 e. The van der Waals surface area contributed by atoms with Gasteiger partial charge in [-0.3, -0.25) is 4.90 Å². The van der Waals surface area contributed by atoms with Gasteiger partial charge in [-0.2, -0.15) is 17.3 Å². The SMILES string of the molecule is C=C(C)C1(S)CC=C(C(c2nnnn2-c2c(C)cccc2C)N(CC)CC)CC1. The van der Waals surface area contributed by atoms with Gasteiger partial charge in [0.05, 0.1) is 11.7 Å². The second-order valence-corrected chi connectivity index (χ2v) is 8.96. The van der Waals surface area contributed by atoms with Crippen LogP contribution in [0.5, 0.6) is 0 Å². The molecule has 2 unspecified atom stereocenters. The molecule has 2 aromatic rings. The third-order valence-electron chi connectivity index (χ3n) is 6.24. The highest BCUT2D eigenvalue weighted by molar-refractivity contribution is 7.82. The van der Waals surface area contributed by atoms with Crippen molar-refractivity contribution in [1.82, 2.24) is 25.1 Å². The van der Waals surface area contributed by atoms with Crippen molar-refractivity contribution in [3.8, 4) is 5.69 Å². The molecule has 0 saturated heterocycles. The Bertz CT molecular complexity index is 891. The quantitative estimate of drug-likeness (QED) is 0.513. The molecule has 29 heavy (non-hydrogen) atoms. The number of benzene rings is 1. The summed E-state index contributed by atoms with van der Waals surface area (Å²) in [6.45, 7) is 16.7. The standard InChI is InChI=1S/C23H33N5S/c1-7-27(8-2)21(19-12-14-23(29,15-13-19)16(3)4)22-24-25-26-28(22)20-17(5)10-9-11-18(20)6/h9-12,21,29H,3,7-8,13-15H2,1-2,4-6H3. The van der Waals surface area contributed by atoms with Gasteiger partial charge in [0.1, 0.15) is 0 Å². The van der Waals surface area contributed by atoms with Gasteiger partial charge >= 0.3 is 0 Å². The fraction of sp³-hybridized carbons (Fsp3) is 0.522. The maximum atomic E-state index is 4.93. The van der Waals surface area contributed by atoms with E-state index in [-0.39, 0.29) is 10.8 Å². The Morgan fingerprint density at radius 3 is 2.45 bits per heavy atom. The van der Waals surface area contributed by atoms with Crippen molar-refractivity contribution >= 4 is 12.6 Å². The lowest BCUT2D eigenvalue weighted by Crippen LogP contribution is -2.34. The predicted molar refractivity (Wildman–Crippen MR) is 123 cm³/mol. The van der Waals surface area contributed by atoms with Crippen molar-refractivity contribution in [1.29, 1.82) is 0 Å². The van der Waals surface area contributed by atoms with E-state index in [2.05, 4.69) is 85.9 Å². The highest BCUT2D eigenvalue weighted by atomic mass is 32.1. The van der Waals surface area contributed by atoms with Crippen LogP contribution in [0.4, 0.5) is 0 Å². The van der Waals surface area contributed by atoms with Crippen molar-refractivity contribution in [2.45, 2.75) is 64.7 Å². The lowest BCUT2D eigenvalue weighted by Gasteiger charge is -2.37. The monoisotopic (exact) mass is 411 g/mol. The summed E-state index contributed by atoms with van der Waals surface area (Å²) in [6.07, 6.45) is 5.19. The van der Waals surface area contributed by atoms with Crippen LogP contribution in [0, 0.1) is 13.8 Å². The second-order valence-electron chi connectivity index (χ2n) is 8.11. The van der Waals surface area contributed by atoms with Gasteiger partial charge in [0.2, 0.25) is 0 Å². The molecule has 156 valence electrons. The number of hydrogen-bond donors (Lipinski definition) is 1. The highest BCUT2D eigenvalue weighted by Crippen LogP contribution is 2.42. The summed E-state index contributed by atoms with van der Waals surface area (Å²) in [4.78, 5) is 2.44. The van der Waals surface area contributed by atoms with E-state index in [0.29, 0.717) is 0 Å². The first kappa shape index (κ1) is 21.8. The minimum absolute atomic E-state index is 0.0574. The van der Waals surface area contributed by atoms with E-state index < -0.39 is 0 Å². The van der Waals surface area contributed by atoms with Gasteiger partial charge < -0.3 is 0 Å². The van der Waals surface area contributed by atoms with E-state index in [1.165, 1.54) is 16.7 Å². The summed E-state index contributed by atoms with van der Waals surface area (Å²) in [5.74, 6) is 0.888.